The van der Waals surface area contributed by atoms with Crippen LogP contribution in [-0.2, 0) is 9.53 Å². The maximum atomic E-state index is 13.3. The van der Waals surface area contributed by atoms with Crippen molar-refractivity contribution < 1.29 is 23.1 Å². The third kappa shape index (κ3) is 2.97. The molecule has 1 unspecified atom stereocenters. The maximum absolute atomic E-state index is 13.3. The predicted octanol–water partition coefficient (Wildman–Crippen LogP) is 3.12. The van der Waals surface area contributed by atoms with Crippen molar-refractivity contribution in [3.8, 4) is 0 Å². The molecular formula is C14H13F2NO3S. The summed E-state index contributed by atoms with van der Waals surface area (Å²) in [6, 6.07) is 1.64. The van der Waals surface area contributed by atoms with Crippen LogP contribution >= 0.6 is 11.8 Å². The Kier molecular flexibility index (Phi) is 4.72. The topological polar surface area (TPSA) is 55.7 Å². The van der Waals surface area contributed by atoms with Gasteiger partial charge in [0, 0.05) is 11.6 Å². The lowest BCUT2D eigenvalue weighted by Crippen LogP contribution is -2.34. The maximum Gasteiger partial charge on any atom is 0.323 e. The largest absolute Gasteiger partial charge is 0.465 e. The van der Waals surface area contributed by atoms with Crippen LogP contribution in [-0.4, -0.2) is 29.2 Å². The number of carbonyl (C=O) groups is 2. The summed E-state index contributed by atoms with van der Waals surface area (Å²) < 4.78 is 31.4. The van der Waals surface area contributed by atoms with Crippen molar-refractivity contribution in [2.24, 2.45) is 10.9 Å². The van der Waals surface area contributed by atoms with E-state index in [0.717, 1.165) is 12.1 Å². The van der Waals surface area contributed by atoms with Gasteiger partial charge in [-0.3, -0.25) is 9.59 Å². The van der Waals surface area contributed by atoms with Gasteiger partial charge < -0.3 is 4.74 Å². The minimum Gasteiger partial charge on any atom is -0.465 e. The first-order valence-electron chi connectivity index (χ1n) is 6.40. The number of benzene rings is 1. The molecule has 1 aliphatic rings. The Labute approximate surface area is 124 Å². The van der Waals surface area contributed by atoms with Gasteiger partial charge in [-0.2, -0.15) is 0 Å². The Hall–Kier alpha value is -1.76. The SMILES string of the molecule is CCOC(=O)C1C(=O)c2cc(F)c(F)cc2N=C1SCC. The van der Waals surface area contributed by atoms with E-state index in [1.54, 1.807) is 6.92 Å². The van der Waals surface area contributed by atoms with Gasteiger partial charge in [-0.05, 0) is 18.7 Å². The normalized spacial score (nSPS) is 17.2. The molecule has 7 heteroatoms. The van der Waals surface area contributed by atoms with Crippen molar-refractivity contribution in [1.82, 2.24) is 0 Å². The van der Waals surface area contributed by atoms with Crippen LogP contribution in [0.4, 0.5) is 14.5 Å². The monoisotopic (exact) mass is 313 g/mol. The van der Waals surface area contributed by atoms with E-state index < -0.39 is 29.3 Å². The predicted molar refractivity (Wildman–Crippen MR) is 76.0 cm³/mol. The fourth-order valence-electron chi connectivity index (χ4n) is 1.97. The van der Waals surface area contributed by atoms with E-state index in [9.17, 15) is 18.4 Å². The van der Waals surface area contributed by atoms with Gasteiger partial charge >= 0.3 is 5.97 Å². The van der Waals surface area contributed by atoms with Crippen molar-refractivity contribution in [3.63, 3.8) is 0 Å². The molecular weight excluding hydrogens is 300 g/mol. The van der Waals surface area contributed by atoms with E-state index in [2.05, 4.69) is 4.99 Å². The highest BCUT2D eigenvalue weighted by atomic mass is 32.2. The number of fused-ring (bicyclic) bond motifs is 1. The Balaban J connectivity index is 2.52. The van der Waals surface area contributed by atoms with Crippen LogP contribution in [0.25, 0.3) is 0 Å². The first kappa shape index (κ1) is 15.6. The minimum absolute atomic E-state index is 0.0374. The molecule has 1 aromatic carbocycles. The summed E-state index contributed by atoms with van der Waals surface area (Å²) in [7, 11) is 0. The number of ketones is 1. The summed E-state index contributed by atoms with van der Waals surface area (Å²) in [6.07, 6.45) is 0. The van der Waals surface area contributed by atoms with E-state index in [-0.39, 0.29) is 22.9 Å². The zero-order valence-corrected chi connectivity index (χ0v) is 12.3. The highest BCUT2D eigenvalue weighted by Crippen LogP contribution is 2.34. The summed E-state index contributed by atoms with van der Waals surface area (Å²) in [4.78, 5) is 28.5. The van der Waals surface area contributed by atoms with E-state index in [4.69, 9.17) is 4.74 Å². The number of rotatable bonds is 3. The standard InChI is InChI=1S/C14H13F2NO3S/c1-3-20-14(19)11-12(18)7-5-8(15)9(16)6-10(7)17-13(11)21-4-2/h5-6,11H,3-4H2,1-2H3. The average molecular weight is 313 g/mol. The van der Waals surface area contributed by atoms with Gasteiger partial charge in [0.25, 0.3) is 0 Å². The Morgan fingerprint density at radius 1 is 1.33 bits per heavy atom. The highest BCUT2D eigenvalue weighted by Gasteiger charge is 2.38. The molecule has 0 saturated carbocycles. The molecule has 0 radical (unpaired) electrons. The number of halogens is 2. The van der Waals surface area contributed by atoms with Crippen LogP contribution in [0.2, 0.25) is 0 Å². The first-order valence-corrected chi connectivity index (χ1v) is 7.39. The number of hydrogen-bond donors (Lipinski definition) is 0. The van der Waals surface area contributed by atoms with Crippen LogP contribution in [0.15, 0.2) is 17.1 Å². The molecule has 0 aromatic heterocycles. The zero-order valence-electron chi connectivity index (χ0n) is 11.5. The van der Waals surface area contributed by atoms with Crippen molar-refractivity contribution in [2.75, 3.05) is 12.4 Å². The summed E-state index contributed by atoms with van der Waals surface area (Å²) in [6.45, 7) is 3.58. The summed E-state index contributed by atoms with van der Waals surface area (Å²) in [5.74, 6) is -4.19. The van der Waals surface area contributed by atoms with Crippen molar-refractivity contribution >= 4 is 34.2 Å². The summed E-state index contributed by atoms with van der Waals surface area (Å²) in [5, 5.41) is 0.249. The molecule has 0 spiro atoms. The second-order valence-corrected chi connectivity index (χ2v) is 5.50. The molecule has 0 amide bonds. The van der Waals surface area contributed by atoms with E-state index in [1.807, 2.05) is 6.92 Å². The number of ether oxygens (including phenoxy) is 1. The molecule has 1 aliphatic heterocycles. The quantitative estimate of drug-likeness (QED) is 0.635. The Bertz CT molecular complexity index is 631. The van der Waals surface area contributed by atoms with Crippen LogP contribution < -0.4 is 0 Å². The Morgan fingerprint density at radius 3 is 2.62 bits per heavy atom. The zero-order chi connectivity index (χ0) is 15.6. The number of nitrogens with zero attached hydrogens (tertiary/aromatic N) is 1. The van der Waals surface area contributed by atoms with Crippen molar-refractivity contribution in [3.05, 3.63) is 29.3 Å². The van der Waals surface area contributed by atoms with Crippen molar-refractivity contribution in [2.45, 2.75) is 13.8 Å². The number of esters is 1. The van der Waals surface area contributed by atoms with Gasteiger partial charge in [-0.25, -0.2) is 13.8 Å². The molecule has 112 valence electrons. The lowest BCUT2D eigenvalue weighted by atomic mass is 9.94. The molecule has 0 saturated heterocycles. The van der Waals surface area contributed by atoms with Crippen LogP contribution in [0.1, 0.15) is 24.2 Å². The van der Waals surface area contributed by atoms with Crippen LogP contribution in [0, 0.1) is 17.6 Å². The molecule has 0 bridgehead atoms. The second kappa shape index (κ2) is 6.34. The minimum atomic E-state index is -1.20. The third-order valence-electron chi connectivity index (χ3n) is 2.86. The first-order chi connectivity index (χ1) is 9.99. The lowest BCUT2D eigenvalue weighted by Gasteiger charge is -2.21. The summed E-state index contributed by atoms with van der Waals surface area (Å²) in [5.41, 5.74) is -0.0668. The smallest absolute Gasteiger partial charge is 0.323 e. The molecule has 1 atom stereocenters. The number of Topliss-reactive ketones (excluding diaryl/α,β-unsaturated/α-hetero) is 1. The van der Waals surface area contributed by atoms with Gasteiger partial charge in [0.05, 0.1) is 17.3 Å². The van der Waals surface area contributed by atoms with Gasteiger partial charge in [-0.1, -0.05) is 6.92 Å². The molecule has 0 fully saturated rings. The molecule has 0 N–H and O–H groups in total. The number of carbonyl (C=O) groups excluding carboxylic acids is 2. The molecule has 0 aliphatic carbocycles. The molecule has 1 heterocycles. The highest BCUT2D eigenvalue weighted by molar-refractivity contribution is 8.14. The average Bonchev–Trinajstić information content (AvgIpc) is 2.42. The lowest BCUT2D eigenvalue weighted by molar-refractivity contribution is -0.144. The Morgan fingerprint density at radius 2 is 2.00 bits per heavy atom. The number of thioether (sulfide) groups is 1. The third-order valence-corrected chi connectivity index (χ3v) is 3.77. The fourth-order valence-corrected chi connectivity index (χ4v) is 2.80. The molecule has 21 heavy (non-hydrogen) atoms. The summed E-state index contributed by atoms with van der Waals surface area (Å²) >= 11 is 1.20. The van der Waals surface area contributed by atoms with Crippen molar-refractivity contribution in [1.29, 1.82) is 0 Å². The van der Waals surface area contributed by atoms with Gasteiger partial charge in [0.15, 0.2) is 23.3 Å². The molecule has 4 nitrogen and oxygen atoms in total. The fraction of sp³-hybridized carbons (Fsp3) is 0.357. The molecule has 2 rings (SSSR count). The second-order valence-electron chi connectivity index (χ2n) is 4.22. The van der Waals surface area contributed by atoms with Gasteiger partial charge in [-0.15, -0.1) is 11.8 Å². The van der Waals surface area contributed by atoms with E-state index in [1.165, 1.54) is 11.8 Å². The number of hydrogen-bond acceptors (Lipinski definition) is 5. The number of aliphatic imine (C=N–C) groups is 1. The van der Waals surface area contributed by atoms with Gasteiger partial charge in [0.1, 0.15) is 0 Å². The van der Waals surface area contributed by atoms with E-state index in [0.29, 0.717) is 5.75 Å². The molecule has 1 aromatic rings. The van der Waals surface area contributed by atoms with E-state index >= 15 is 0 Å². The van der Waals surface area contributed by atoms with Gasteiger partial charge in [0.2, 0.25) is 0 Å². The van der Waals surface area contributed by atoms with Crippen LogP contribution in [0.3, 0.4) is 0 Å². The van der Waals surface area contributed by atoms with Crippen LogP contribution in [0.5, 0.6) is 0 Å².